The number of nitrogens with zero attached hydrogens (tertiary/aromatic N) is 1. The molecule has 3 rings (SSSR count). The Morgan fingerprint density at radius 3 is 2.74 bits per heavy atom. The first-order chi connectivity index (χ1) is 10.9. The van der Waals surface area contributed by atoms with Crippen molar-refractivity contribution in [2.75, 3.05) is 20.2 Å². The fourth-order valence-electron chi connectivity index (χ4n) is 3.33. The number of carbonyl (C=O) groups excluding carboxylic acids is 1. The number of fused-ring (bicyclic) bond motifs is 2. The second-order valence-electron chi connectivity index (χ2n) is 6.08. The van der Waals surface area contributed by atoms with Gasteiger partial charge in [-0.25, -0.2) is 13.6 Å². The van der Waals surface area contributed by atoms with Crippen molar-refractivity contribution in [2.45, 2.75) is 36.2 Å². The summed E-state index contributed by atoms with van der Waals surface area (Å²) in [6.45, 7) is 1.27. The van der Waals surface area contributed by atoms with Gasteiger partial charge in [0, 0.05) is 25.2 Å². The molecule has 1 aromatic rings. The number of nitrogens with one attached hydrogen (secondary N) is 1. The number of rotatable bonds is 3. The zero-order valence-electron chi connectivity index (χ0n) is 13.0. The van der Waals surface area contributed by atoms with Crippen LogP contribution in [0.4, 0.5) is 0 Å². The number of amides is 1. The van der Waals surface area contributed by atoms with Crippen LogP contribution < -0.4 is 15.2 Å². The molecule has 3 N–H and O–H groups in total. The topological polar surface area (TPSA) is 102 Å². The van der Waals surface area contributed by atoms with Gasteiger partial charge in [-0.05, 0) is 37.5 Å². The van der Waals surface area contributed by atoms with Crippen molar-refractivity contribution in [3.8, 4) is 5.75 Å². The van der Waals surface area contributed by atoms with Gasteiger partial charge in [-0.1, -0.05) is 0 Å². The van der Waals surface area contributed by atoms with E-state index >= 15 is 0 Å². The average Bonchev–Trinajstić information content (AvgIpc) is 2.84. The summed E-state index contributed by atoms with van der Waals surface area (Å²) in [5.74, 6) is 0.131. The minimum atomic E-state index is -3.87. The first-order valence-corrected chi connectivity index (χ1v) is 9.19. The third kappa shape index (κ3) is 3.34. The molecule has 2 saturated heterocycles. The molecule has 1 aromatic carbocycles. The molecule has 0 saturated carbocycles. The Morgan fingerprint density at radius 2 is 2.04 bits per heavy atom. The Labute approximate surface area is 135 Å². The van der Waals surface area contributed by atoms with Crippen molar-refractivity contribution >= 4 is 15.9 Å². The van der Waals surface area contributed by atoms with Crippen molar-refractivity contribution in [2.24, 2.45) is 5.14 Å². The molecule has 0 radical (unpaired) electrons. The Balaban J connectivity index is 1.91. The standard InChI is InChI=1S/C15H21N3O4S/c1-22-14-5-4-12(23(16,20)21)8-13(14)15(19)18-7-6-10-2-3-11(9-18)17-10/h4-5,8,10-11,17H,2-3,6-7,9H2,1H3,(H2,16,20,21). The lowest BCUT2D eigenvalue weighted by atomic mass is 10.1. The monoisotopic (exact) mass is 339 g/mol. The fraction of sp³-hybridized carbons (Fsp3) is 0.533. The summed E-state index contributed by atoms with van der Waals surface area (Å²) in [6.07, 6.45) is 3.11. The van der Waals surface area contributed by atoms with E-state index in [0.29, 0.717) is 30.9 Å². The van der Waals surface area contributed by atoms with Crippen molar-refractivity contribution in [1.29, 1.82) is 0 Å². The molecule has 1 amide bonds. The minimum Gasteiger partial charge on any atom is -0.496 e. The maximum absolute atomic E-state index is 12.9. The van der Waals surface area contributed by atoms with Crippen LogP contribution in [0.15, 0.2) is 23.1 Å². The molecule has 126 valence electrons. The quantitative estimate of drug-likeness (QED) is 0.825. The van der Waals surface area contributed by atoms with E-state index in [-0.39, 0.29) is 16.4 Å². The highest BCUT2D eigenvalue weighted by molar-refractivity contribution is 7.89. The number of ether oxygens (including phenoxy) is 1. The van der Waals surface area contributed by atoms with E-state index < -0.39 is 10.0 Å². The van der Waals surface area contributed by atoms with Crippen molar-refractivity contribution < 1.29 is 17.9 Å². The van der Waals surface area contributed by atoms with Gasteiger partial charge < -0.3 is 15.0 Å². The number of nitrogens with two attached hydrogens (primary N) is 1. The van der Waals surface area contributed by atoms with Crippen molar-refractivity contribution in [3.63, 3.8) is 0 Å². The average molecular weight is 339 g/mol. The normalized spacial score (nSPS) is 24.3. The molecule has 7 nitrogen and oxygen atoms in total. The van der Waals surface area contributed by atoms with E-state index in [1.165, 1.54) is 25.3 Å². The van der Waals surface area contributed by atoms with Crippen LogP contribution in [0.25, 0.3) is 0 Å². The lowest BCUT2D eigenvalue weighted by Crippen LogP contribution is -2.39. The van der Waals surface area contributed by atoms with E-state index in [1.807, 2.05) is 0 Å². The molecular weight excluding hydrogens is 318 g/mol. The lowest BCUT2D eigenvalue weighted by molar-refractivity contribution is 0.0744. The summed E-state index contributed by atoms with van der Waals surface area (Å²) in [7, 11) is -2.42. The largest absolute Gasteiger partial charge is 0.496 e. The van der Waals surface area contributed by atoms with E-state index in [0.717, 1.165) is 19.3 Å². The van der Waals surface area contributed by atoms with Gasteiger partial charge in [0.15, 0.2) is 0 Å². The van der Waals surface area contributed by atoms with Gasteiger partial charge in [0.25, 0.3) is 5.91 Å². The highest BCUT2D eigenvalue weighted by Crippen LogP contribution is 2.26. The van der Waals surface area contributed by atoms with Gasteiger partial charge >= 0.3 is 0 Å². The van der Waals surface area contributed by atoms with Gasteiger partial charge in [-0.15, -0.1) is 0 Å². The molecule has 0 aliphatic carbocycles. The molecule has 2 aliphatic rings. The number of carbonyl (C=O) groups is 1. The maximum atomic E-state index is 12.9. The summed E-state index contributed by atoms with van der Waals surface area (Å²) in [5, 5.41) is 8.68. The van der Waals surface area contributed by atoms with E-state index in [2.05, 4.69) is 5.32 Å². The Morgan fingerprint density at radius 1 is 1.30 bits per heavy atom. The molecule has 2 aliphatic heterocycles. The molecule has 2 bridgehead atoms. The summed E-state index contributed by atoms with van der Waals surface area (Å²) >= 11 is 0. The van der Waals surface area contributed by atoms with Gasteiger partial charge in [0.2, 0.25) is 10.0 Å². The number of benzene rings is 1. The lowest BCUT2D eigenvalue weighted by Gasteiger charge is -2.25. The fourth-order valence-corrected chi connectivity index (χ4v) is 3.87. The third-order valence-corrected chi connectivity index (χ3v) is 5.45. The molecule has 2 unspecified atom stereocenters. The predicted octanol–water partition coefficient (Wildman–Crippen LogP) is 0.309. The molecule has 0 aromatic heterocycles. The predicted molar refractivity (Wildman–Crippen MR) is 84.8 cm³/mol. The summed E-state index contributed by atoms with van der Waals surface area (Å²) in [6, 6.07) is 4.88. The molecule has 2 fully saturated rings. The van der Waals surface area contributed by atoms with Gasteiger partial charge in [0.05, 0.1) is 17.6 Å². The van der Waals surface area contributed by atoms with E-state index in [1.54, 1.807) is 4.90 Å². The number of hydrogen-bond donors (Lipinski definition) is 2. The number of hydrogen-bond acceptors (Lipinski definition) is 5. The molecule has 23 heavy (non-hydrogen) atoms. The molecule has 2 heterocycles. The molecule has 8 heteroatoms. The molecular formula is C15H21N3O4S. The Bertz CT molecular complexity index is 719. The number of methoxy groups -OCH3 is 1. The van der Waals surface area contributed by atoms with Gasteiger partial charge in [-0.3, -0.25) is 4.79 Å². The van der Waals surface area contributed by atoms with Crippen LogP contribution in [0.3, 0.4) is 0 Å². The van der Waals surface area contributed by atoms with Crippen LogP contribution in [-0.4, -0.2) is 51.5 Å². The maximum Gasteiger partial charge on any atom is 0.257 e. The van der Waals surface area contributed by atoms with Crippen LogP contribution in [0.5, 0.6) is 5.75 Å². The van der Waals surface area contributed by atoms with Gasteiger partial charge in [0.1, 0.15) is 5.75 Å². The SMILES string of the molecule is COc1ccc(S(N)(=O)=O)cc1C(=O)N1CCC2CCC(C1)N2. The highest BCUT2D eigenvalue weighted by Gasteiger charge is 2.32. The van der Waals surface area contributed by atoms with Crippen molar-refractivity contribution in [3.05, 3.63) is 23.8 Å². The smallest absolute Gasteiger partial charge is 0.257 e. The molecule has 2 atom stereocenters. The summed E-state index contributed by atoms with van der Waals surface area (Å²) in [5.41, 5.74) is 0.233. The zero-order valence-corrected chi connectivity index (χ0v) is 13.8. The first-order valence-electron chi connectivity index (χ1n) is 7.64. The Hall–Kier alpha value is -1.64. The zero-order chi connectivity index (χ0) is 16.6. The van der Waals surface area contributed by atoms with Crippen LogP contribution in [0, 0.1) is 0 Å². The minimum absolute atomic E-state index is 0.0869. The van der Waals surface area contributed by atoms with Crippen LogP contribution >= 0.6 is 0 Å². The molecule has 0 spiro atoms. The summed E-state index contributed by atoms with van der Waals surface area (Å²) in [4.78, 5) is 14.5. The van der Waals surface area contributed by atoms with Crippen LogP contribution in [0.1, 0.15) is 29.6 Å². The van der Waals surface area contributed by atoms with E-state index in [4.69, 9.17) is 9.88 Å². The second-order valence-corrected chi connectivity index (χ2v) is 7.65. The third-order valence-electron chi connectivity index (χ3n) is 4.54. The van der Waals surface area contributed by atoms with E-state index in [9.17, 15) is 13.2 Å². The van der Waals surface area contributed by atoms with Crippen LogP contribution in [-0.2, 0) is 10.0 Å². The number of sulfonamides is 1. The van der Waals surface area contributed by atoms with Crippen LogP contribution in [0.2, 0.25) is 0 Å². The van der Waals surface area contributed by atoms with Gasteiger partial charge in [-0.2, -0.15) is 0 Å². The summed E-state index contributed by atoms with van der Waals surface area (Å²) < 4.78 is 28.3. The number of likely N-dealkylation sites (tertiary alicyclic amines) is 1. The number of primary sulfonamides is 1. The Kier molecular flexibility index (Phi) is 4.31. The first kappa shape index (κ1) is 16.2. The second kappa shape index (κ2) is 6.10. The highest BCUT2D eigenvalue weighted by atomic mass is 32.2. The van der Waals surface area contributed by atoms with Crippen molar-refractivity contribution in [1.82, 2.24) is 10.2 Å².